The van der Waals surface area contributed by atoms with Crippen LogP contribution in [-0.2, 0) is 4.79 Å². The van der Waals surface area contributed by atoms with Crippen LogP contribution in [0.2, 0.25) is 5.02 Å². The van der Waals surface area contributed by atoms with E-state index in [4.69, 9.17) is 11.6 Å². The number of carbonyl (C=O) groups is 1. The minimum Gasteiger partial charge on any atom is -0.299 e. The van der Waals surface area contributed by atoms with Crippen LogP contribution in [0.1, 0.15) is 30.7 Å². The van der Waals surface area contributed by atoms with E-state index in [0.717, 1.165) is 24.8 Å². The number of carbonyl (C=O) groups excluding carboxylic acids is 1. The summed E-state index contributed by atoms with van der Waals surface area (Å²) in [5.41, 5.74) is 0.982. The molecule has 1 nitrogen and oxygen atoms in total. The number of halogens is 1. The molecular weight excluding hydrogens is 196 g/mol. The first-order chi connectivity index (χ1) is 6.79. The first-order valence-corrected chi connectivity index (χ1v) is 5.28. The van der Waals surface area contributed by atoms with Crippen molar-refractivity contribution in [3.63, 3.8) is 0 Å². The number of rotatable bonds is 1. The Kier molecular flexibility index (Phi) is 2.87. The average Bonchev–Trinajstić information content (AvgIpc) is 2.20. The van der Waals surface area contributed by atoms with E-state index in [1.807, 2.05) is 24.3 Å². The molecule has 0 saturated heterocycles. The van der Waals surface area contributed by atoms with Crippen LogP contribution in [0.3, 0.4) is 0 Å². The zero-order valence-corrected chi connectivity index (χ0v) is 8.63. The van der Waals surface area contributed by atoms with Crippen LogP contribution in [0.25, 0.3) is 0 Å². The van der Waals surface area contributed by atoms with Crippen LogP contribution >= 0.6 is 11.6 Å². The van der Waals surface area contributed by atoms with Gasteiger partial charge in [-0.25, -0.2) is 0 Å². The molecule has 0 bridgehead atoms. The van der Waals surface area contributed by atoms with E-state index < -0.39 is 0 Å². The lowest BCUT2D eigenvalue weighted by Gasteiger charge is -2.21. The van der Waals surface area contributed by atoms with Gasteiger partial charge in [0.25, 0.3) is 0 Å². The monoisotopic (exact) mass is 207 g/mol. The fraction of sp³-hybridized carbons (Fsp3) is 0.333. The zero-order chi connectivity index (χ0) is 9.97. The highest BCUT2D eigenvalue weighted by molar-refractivity contribution is 6.31. The van der Waals surface area contributed by atoms with Gasteiger partial charge in [0.15, 0.2) is 0 Å². The van der Waals surface area contributed by atoms with Crippen LogP contribution in [0.4, 0.5) is 0 Å². The Hall–Kier alpha value is -0.820. The Morgan fingerprint density at radius 3 is 2.79 bits per heavy atom. The van der Waals surface area contributed by atoms with Gasteiger partial charge >= 0.3 is 0 Å². The van der Waals surface area contributed by atoms with E-state index in [-0.39, 0.29) is 11.7 Å². The van der Waals surface area contributed by atoms with Gasteiger partial charge in [0, 0.05) is 17.4 Å². The Morgan fingerprint density at radius 1 is 1.29 bits per heavy atom. The largest absolute Gasteiger partial charge is 0.299 e. The molecule has 1 aliphatic carbocycles. The minimum atomic E-state index is -0.00236. The molecule has 73 valence electrons. The minimum absolute atomic E-state index is 0.00236. The molecule has 0 aromatic heterocycles. The van der Waals surface area contributed by atoms with Crippen LogP contribution < -0.4 is 0 Å². The highest BCUT2D eigenvalue weighted by atomic mass is 35.5. The molecule has 2 heteroatoms. The van der Waals surface area contributed by atoms with Crippen molar-refractivity contribution in [3.8, 4) is 0 Å². The summed E-state index contributed by atoms with van der Waals surface area (Å²) in [6, 6.07) is 7.62. The molecule has 1 aromatic carbocycles. The second-order valence-electron chi connectivity index (χ2n) is 3.61. The maximum atomic E-state index is 11.6. The van der Waals surface area contributed by atoms with E-state index in [1.54, 1.807) is 6.42 Å². The molecular formula is C12H12ClO. The van der Waals surface area contributed by atoms with E-state index >= 15 is 0 Å². The maximum Gasteiger partial charge on any atom is 0.144 e. The van der Waals surface area contributed by atoms with Gasteiger partial charge in [-0.3, -0.25) is 4.79 Å². The van der Waals surface area contributed by atoms with E-state index in [2.05, 4.69) is 0 Å². The molecule has 1 fully saturated rings. The fourth-order valence-corrected chi connectivity index (χ4v) is 2.18. The SMILES string of the molecule is O=C1[CH]CCC[C@H]1c1ccccc1Cl. The summed E-state index contributed by atoms with van der Waals surface area (Å²) in [5.74, 6) is 0.224. The Balaban J connectivity index is 2.29. The summed E-state index contributed by atoms with van der Waals surface area (Å²) >= 11 is 6.06. The Morgan fingerprint density at radius 2 is 2.07 bits per heavy atom. The number of Topliss-reactive ketones (excluding diaryl/α,β-unsaturated/α-hetero) is 1. The molecule has 1 aromatic rings. The molecule has 1 saturated carbocycles. The summed E-state index contributed by atoms with van der Waals surface area (Å²) in [6.45, 7) is 0. The van der Waals surface area contributed by atoms with E-state index in [1.165, 1.54) is 0 Å². The quantitative estimate of drug-likeness (QED) is 0.690. The van der Waals surface area contributed by atoms with Gasteiger partial charge in [-0.15, -0.1) is 0 Å². The predicted octanol–water partition coefficient (Wildman–Crippen LogP) is 3.38. The topological polar surface area (TPSA) is 17.1 Å². The van der Waals surface area contributed by atoms with Crippen molar-refractivity contribution < 1.29 is 4.79 Å². The maximum absolute atomic E-state index is 11.6. The number of hydrogen-bond acceptors (Lipinski definition) is 1. The van der Waals surface area contributed by atoms with Crippen molar-refractivity contribution in [1.29, 1.82) is 0 Å². The number of benzene rings is 1. The molecule has 2 rings (SSSR count). The predicted molar refractivity (Wildman–Crippen MR) is 57.4 cm³/mol. The Labute approximate surface area is 89.1 Å². The molecule has 0 spiro atoms. The molecule has 0 unspecified atom stereocenters. The highest BCUT2D eigenvalue weighted by Gasteiger charge is 2.25. The van der Waals surface area contributed by atoms with Gasteiger partial charge in [-0.2, -0.15) is 0 Å². The average molecular weight is 208 g/mol. The van der Waals surface area contributed by atoms with Crippen LogP contribution in [-0.4, -0.2) is 5.78 Å². The third-order valence-corrected chi connectivity index (χ3v) is 3.01. The van der Waals surface area contributed by atoms with Gasteiger partial charge in [-0.05, 0) is 24.5 Å². The number of ketones is 1. The van der Waals surface area contributed by atoms with Crippen molar-refractivity contribution in [2.75, 3.05) is 0 Å². The first kappa shape index (κ1) is 9.72. The molecule has 0 N–H and O–H groups in total. The van der Waals surface area contributed by atoms with Crippen molar-refractivity contribution in [2.24, 2.45) is 0 Å². The lowest BCUT2D eigenvalue weighted by molar-refractivity contribution is -0.118. The van der Waals surface area contributed by atoms with Gasteiger partial charge in [0.1, 0.15) is 5.78 Å². The second kappa shape index (κ2) is 4.14. The van der Waals surface area contributed by atoms with Crippen LogP contribution in [0.5, 0.6) is 0 Å². The van der Waals surface area contributed by atoms with Crippen LogP contribution in [0, 0.1) is 6.42 Å². The summed E-state index contributed by atoms with van der Waals surface area (Å²) in [7, 11) is 0. The van der Waals surface area contributed by atoms with Gasteiger partial charge in [-0.1, -0.05) is 36.2 Å². The highest BCUT2D eigenvalue weighted by Crippen LogP contribution is 2.33. The summed E-state index contributed by atoms with van der Waals surface area (Å²) in [5, 5.41) is 0.709. The lowest BCUT2D eigenvalue weighted by Crippen LogP contribution is -2.17. The lowest BCUT2D eigenvalue weighted by atomic mass is 9.83. The van der Waals surface area contributed by atoms with Gasteiger partial charge in [0.2, 0.25) is 0 Å². The van der Waals surface area contributed by atoms with Crippen molar-refractivity contribution in [3.05, 3.63) is 41.3 Å². The molecule has 1 radical (unpaired) electrons. The molecule has 1 aliphatic rings. The molecule has 14 heavy (non-hydrogen) atoms. The van der Waals surface area contributed by atoms with Crippen molar-refractivity contribution in [2.45, 2.75) is 25.2 Å². The normalized spacial score (nSPS) is 22.4. The smallest absolute Gasteiger partial charge is 0.144 e. The molecule has 0 heterocycles. The fourth-order valence-electron chi connectivity index (χ4n) is 1.92. The third kappa shape index (κ3) is 1.83. The number of hydrogen-bond donors (Lipinski definition) is 0. The van der Waals surface area contributed by atoms with Crippen molar-refractivity contribution >= 4 is 17.4 Å². The van der Waals surface area contributed by atoms with E-state index in [0.29, 0.717) is 5.02 Å². The molecule has 1 atom stereocenters. The summed E-state index contributed by atoms with van der Waals surface area (Å²) in [4.78, 5) is 11.6. The third-order valence-electron chi connectivity index (χ3n) is 2.67. The summed E-state index contributed by atoms with van der Waals surface area (Å²) < 4.78 is 0. The standard InChI is InChI=1S/C12H12ClO/c13-11-7-3-1-5-9(11)10-6-2-4-8-12(10)14/h1,3,5,7-8,10H,2,4,6H2/t10-/m0/s1. The Bertz CT molecular complexity index is 346. The van der Waals surface area contributed by atoms with Crippen LogP contribution in [0.15, 0.2) is 24.3 Å². The zero-order valence-electron chi connectivity index (χ0n) is 7.87. The molecule has 0 amide bonds. The van der Waals surface area contributed by atoms with Crippen molar-refractivity contribution in [1.82, 2.24) is 0 Å². The molecule has 0 aliphatic heterocycles. The second-order valence-corrected chi connectivity index (χ2v) is 4.02. The van der Waals surface area contributed by atoms with Gasteiger partial charge in [0.05, 0.1) is 0 Å². The van der Waals surface area contributed by atoms with E-state index in [9.17, 15) is 4.79 Å². The van der Waals surface area contributed by atoms with Gasteiger partial charge < -0.3 is 0 Å². The summed E-state index contributed by atoms with van der Waals surface area (Å²) in [6.07, 6.45) is 4.72. The first-order valence-electron chi connectivity index (χ1n) is 4.90.